The van der Waals surface area contributed by atoms with Crippen LogP contribution in [0.25, 0.3) is 5.57 Å². The van der Waals surface area contributed by atoms with Gasteiger partial charge in [-0.25, -0.2) is 8.42 Å². The number of hydrogen-bond donors (Lipinski definition) is 0. The Balaban J connectivity index is 2.04. The number of methoxy groups -OCH3 is 1. The maximum Gasteiger partial charge on any atom is 0.267 e. The summed E-state index contributed by atoms with van der Waals surface area (Å²) in [5, 5.41) is 0. The molecule has 0 saturated carbocycles. The maximum atomic E-state index is 13.7. The summed E-state index contributed by atoms with van der Waals surface area (Å²) in [7, 11) is -1.06. The van der Waals surface area contributed by atoms with Crippen molar-refractivity contribution in [3.05, 3.63) is 88.9 Å². The summed E-state index contributed by atoms with van der Waals surface area (Å²) < 4.78 is 32.5. The van der Waals surface area contributed by atoms with Gasteiger partial charge in [0.05, 0.1) is 12.0 Å². The second-order valence-electron chi connectivity index (χ2n) is 7.51. The Morgan fingerprint density at radius 2 is 1.48 bits per heavy atom. The number of sulfone groups is 1. The van der Waals surface area contributed by atoms with Crippen molar-refractivity contribution in [2.75, 3.05) is 14.2 Å². The van der Waals surface area contributed by atoms with Crippen LogP contribution in [0.4, 0.5) is 0 Å². The SMILES string of the molecule is COc1ccc(C2=C(S(=O)(=O)c3ccc(C)cc3)C(=O)N(C)C23C=CC(=O)C=C3)cc1. The number of rotatable bonds is 4. The minimum atomic E-state index is -4.13. The molecule has 0 bridgehead atoms. The molecule has 1 aliphatic carbocycles. The Labute approximate surface area is 181 Å². The van der Waals surface area contributed by atoms with E-state index in [1.54, 1.807) is 48.6 Å². The molecule has 1 aliphatic heterocycles. The van der Waals surface area contributed by atoms with Gasteiger partial charge in [0.1, 0.15) is 16.2 Å². The number of likely N-dealkylation sites (N-methyl/N-ethyl adjacent to an activating group) is 1. The van der Waals surface area contributed by atoms with Gasteiger partial charge in [0, 0.05) is 12.6 Å². The molecule has 0 fully saturated rings. The van der Waals surface area contributed by atoms with Crippen LogP contribution < -0.4 is 4.74 Å². The first-order valence-electron chi connectivity index (χ1n) is 9.62. The maximum absolute atomic E-state index is 13.7. The van der Waals surface area contributed by atoms with Crippen molar-refractivity contribution >= 4 is 27.1 Å². The van der Waals surface area contributed by atoms with Gasteiger partial charge in [-0.15, -0.1) is 0 Å². The highest BCUT2D eigenvalue weighted by atomic mass is 32.2. The molecule has 2 aliphatic rings. The van der Waals surface area contributed by atoms with Crippen molar-refractivity contribution in [2.24, 2.45) is 0 Å². The van der Waals surface area contributed by atoms with Gasteiger partial charge in [-0.1, -0.05) is 29.8 Å². The highest BCUT2D eigenvalue weighted by Crippen LogP contribution is 2.47. The Morgan fingerprint density at radius 3 is 2.03 bits per heavy atom. The van der Waals surface area contributed by atoms with E-state index in [0.717, 1.165) is 5.56 Å². The van der Waals surface area contributed by atoms with Crippen LogP contribution in [-0.4, -0.2) is 44.7 Å². The lowest BCUT2D eigenvalue weighted by Gasteiger charge is -2.34. The number of nitrogens with zero attached hydrogens (tertiary/aromatic N) is 1. The average molecular weight is 436 g/mol. The van der Waals surface area contributed by atoms with E-state index in [4.69, 9.17) is 4.74 Å². The monoisotopic (exact) mass is 435 g/mol. The molecule has 0 atom stereocenters. The Bertz CT molecular complexity index is 1250. The first-order chi connectivity index (χ1) is 14.7. The summed E-state index contributed by atoms with van der Waals surface area (Å²) in [6.45, 7) is 1.86. The van der Waals surface area contributed by atoms with E-state index in [2.05, 4.69) is 0 Å². The lowest BCUT2D eigenvalue weighted by atomic mass is 9.82. The molecule has 7 heteroatoms. The number of carbonyl (C=O) groups is 2. The Hall–Kier alpha value is -3.45. The molecule has 2 aromatic carbocycles. The fraction of sp³-hybridized carbons (Fsp3) is 0.167. The molecule has 0 unspecified atom stereocenters. The minimum absolute atomic E-state index is 0.0396. The normalized spacial score (nSPS) is 17.7. The van der Waals surface area contributed by atoms with Crippen molar-refractivity contribution in [1.82, 2.24) is 4.90 Å². The van der Waals surface area contributed by atoms with Gasteiger partial charge in [0.2, 0.25) is 9.84 Å². The molecule has 2 aromatic rings. The van der Waals surface area contributed by atoms with E-state index in [9.17, 15) is 18.0 Å². The zero-order valence-corrected chi connectivity index (χ0v) is 18.1. The third-order valence-corrected chi connectivity index (χ3v) is 7.47. The van der Waals surface area contributed by atoms with Crippen LogP contribution in [0.15, 0.2) is 82.6 Å². The first kappa shape index (κ1) is 20.8. The van der Waals surface area contributed by atoms with Gasteiger partial charge >= 0.3 is 0 Å². The van der Waals surface area contributed by atoms with E-state index in [1.807, 2.05) is 6.92 Å². The van der Waals surface area contributed by atoms with Gasteiger partial charge in [0.25, 0.3) is 5.91 Å². The Kier molecular flexibility index (Phi) is 4.94. The zero-order valence-electron chi connectivity index (χ0n) is 17.3. The molecule has 1 spiro atoms. The van der Waals surface area contributed by atoms with Crippen molar-refractivity contribution in [3.63, 3.8) is 0 Å². The molecule has 1 heterocycles. The lowest BCUT2D eigenvalue weighted by molar-refractivity contribution is -0.125. The summed E-state index contributed by atoms with van der Waals surface area (Å²) in [5.41, 5.74) is 0.578. The third kappa shape index (κ3) is 3.21. The number of ether oxygens (including phenoxy) is 1. The average Bonchev–Trinajstić information content (AvgIpc) is 2.98. The van der Waals surface area contributed by atoms with E-state index < -0.39 is 21.3 Å². The van der Waals surface area contributed by atoms with Crippen LogP contribution >= 0.6 is 0 Å². The topological polar surface area (TPSA) is 80.8 Å². The highest BCUT2D eigenvalue weighted by Gasteiger charge is 2.52. The van der Waals surface area contributed by atoms with E-state index in [-0.39, 0.29) is 15.6 Å². The van der Waals surface area contributed by atoms with E-state index in [0.29, 0.717) is 16.9 Å². The fourth-order valence-corrected chi connectivity index (χ4v) is 5.55. The molecule has 6 nitrogen and oxygen atoms in total. The molecule has 4 rings (SSSR count). The molecule has 158 valence electrons. The van der Waals surface area contributed by atoms with Crippen molar-refractivity contribution in [1.29, 1.82) is 0 Å². The van der Waals surface area contributed by atoms with E-state index >= 15 is 0 Å². The van der Waals surface area contributed by atoms with Crippen molar-refractivity contribution < 1.29 is 22.7 Å². The van der Waals surface area contributed by atoms with Crippen LogP contribution in [0, 0.1) is 6.92 Å². The predicted molar refractivity (Wildman–Crippen MR) is 117 cm³/mol. The number of benzene rings is 2. The lowest BCUT2D eigenvalue weighted by Crippen LogP contribution is -2.43. The molecule has 31 heavy (non-hydrogen) atoms. The van der Waals surface area contributed by atoms with Gasteiger partial charge in [-0.2, -0.15) is 0 Å². The van der Waals surface area contributed by atoms with Gasteiger partial charge in [0.15, 0.2) is 5.78 Å². The molecule has 0 aromatic heterocycles. The van der Waals surface area contributed by atoms with Crippen molar-refractivity contribution in [3.8, 4) is 5.75 Å². The summed E-state index contributed by atoms with van der Waals surface area (Å²) in [5.74, 6) is -0.255. The van der Waals surface area contributed by atoms with Crippen molar-refractivity contribution in [2.45, 2.75) is 17.4 Å². The van der Waals surface area contributed by atoms with Crippen LogP contribution in [0.1, 0.15) is 11.1 Å². The van der Waals surface area contributed by atoms with Gasteiger partial charge < -0.3 is 9.64 Å². The summed E-state index contributed by atoms with van der Waals surface area (Å²) >= 11 is 0. The number of allylic oxidation sites excluding steroid dienone is 2. The zero-order chi connectivity index (χ0) is 22.4. The molecule has 0 N–H and O–H groups in total. The van der Waals surface area contributed by atoms with Gasteiger partial charge in [-0.05, 0) is 61.1 Å². The quantitative estimate of drug-likeness (QED) is 0.737. The predicted octanol–water partition coefficient (Wildman–Crippen LogP) is 3.09. The Morgan fingerprint density at radius 1 is 0.903 bits per heavy atom. The van der Waals surface area contributed by atoms with Crippen LogP contribution in [-0.2, 0) is 19.4 Å². The molecular weight excluding hydrogens is 414 g/mol. The molecule has 0 radical (unpaired) electrons. The smallest absolute Gasteiger partial charge is 0.267 e. The molecule has 0 saturated heterocycles. The third-order valence-electron chi connectivity index (χ3n) is 5.66. The van der Waals surface area contributed by atoms with Crippen LogP contribution in [0.3, 0.4) is 0 Å². The van der Waals surface area contributed by atoms with E-state index in [1.165, 1.54) is 43.3 Å². The number of hydrogen-bond acceptors (Lipinski definition) is 5. The summed E-state index contributed by atoms with van der Waals surface area (Å²) in [4.78, 5) is 26.3. The number of amides is 1. The van der Waals surface area contributed by atoms with Crippen LogP contribution in [0.5, 0.6) is 5.75 Å². The second-order valence-corrected chi connectivity index (χ2v) is 9.39. The summed E-state index contributed by atoms with van der Waals surface area (Å²) in [6.07, 6.45) is 5.86. The second kappa shape index (κ2) is 7.35. The number of ketones is 1. The van der Waals surface area contributed by atoms with Gasteiger partial charge in [-0.3, -0.25) is 9.59 Å². The number of aryl methyl sites for hydroxylation is 1. The summed E-state index contributed by atoms with van der Waals surface area (Å²) in [6, 6.07) is 13.2. The molecule has 1 amide bonds. The highest BCUT2D eigenvalue weighted by molar-refractivity contribution is 7.96. The largest absolute Gasteiger partial charge is 0.497 e. The minimum Gasteiger partial charge on any atom is -0.497 e. The first-order valence-corrected chi connectivity index (χ1v) is 11.1. The number of carbonyl (C=O) groups excluding carboxylic acids is 2. The fourth-order valence-electron chi connectivity index (χ4n) is 3.90. The molecular formula is C24H21NO5S. The standard InChI is InChI=1S/C24H21NO5S/c1-16-4-10-20(11-5-16)31(28,29)22-21(17-6-8-19(30-3)9-7-17)24(25(2)23(22)27)14-12-18(26)13-15-24/h4-15H,1-3H3. The van der Waals surface area contributed by atoms with Crippen LogP contribution in [0.2, 0.25) is 0 Å².